The van der Waals surface area contributed by atoms with Gasteiger partial charge in [0.05, 0.1) is 25.5 Å². The minimum absolute atomic E-state index is 0.150. The summed E-state index contributed by atoms with van der Waals surface area (Å²) in [4.78, 5) is 13.2. The molecule has 0 aliphatic heterocycles. The van der Waals surface area contributed by atoms with Gasteiger partial charge in [0, 0.05) is 23.1 Å². The molecular formula is C27H26N2O3. The molecule has 1 amide bonds. The predicted octanol–water partition coefficient (Wildman–Crippen LogP) is 6.03. The van der Waals surface area contributed by atoms with Crippen LogP contribution in [0.1, 0.15) is 21.6 Å². The van der Waals surface area contributed by atoms with Crippen molar-refractivity contribution in [3.63, 3.8) is 0 Å². The lowest BCUT2D eigenvalue weighted by atomic mass is 10.1. The summed E-state index contributed by atoms with van der Waals surface area (Å²) < 4.78 is 13.0. The van der Waals surface area contributed by atoms with Crippen molar-refractivity contribution in [2.75, 3.05) is 19.5 Å². The van der Waals surface area contributed by atoms with Crippen LogP contribution >= 0.6 is 0 Å². The van der Waals surface area contributed by atoms with E-state index in [0.29, 0.717) is 17.1 Å². The van der Waals surface area contributed by atoms with Crippen LogP contribution in [0.2, 0.25) is 0 Å². The van der Waals surface area contributed by atoms with E-state index in [1.54, 1.807) is 14.2 Å². The number of benzene rings is 3. The van der Waals surface area contributed by atoms with Crippen molar-refractivity contribution in [2.45, 2.75) is 13.8 Å². The Balaban J connectivity index is 1.83. The molecule has 0 aliphatic carbocycles. The van der Waals surface area contributed by atoms with Gasteiger partial charge in [-0.15, -0.1) is 0 Å². The lowest BCUT2D eigenvalue weighted by Crippen LogP contribution is -2.13. The third-order valence-electron chi connectivity index (χ3n) is 5.50. The highest BCUT2D eigenvalue weighted by molar-refractivity contribution is 6.06. The lowest BCUT2D eigenvalue weighted by molar-refractivity contribution is 0.102. The molecule has 0 atom stereocenters. The fraction of sp³-hybridized carbons (Fsp3) is 0.148. The fourth-order valence-electron chi connectivity index (χ4n) is 3.79. The molecule has 0 fully saturated rings. The van der Waals surface area contributed by atoms with E-state index in [-0.39, 0.29) is 5.91 Å². The second-order valence-electron chi connectivity index (χ2n) is 7.59. The first-order valence-corrected chi connectivity index (χ1v) is 10.4. The fourth-order valence-corrected chi connectivity index (χ4v) is 3.79. The summed E-state index contributed by atoms with van der Waals surface area (Å²) in [5.74, 6) is 1.13. The highest BCUT2D eigenvalue weighted by Crippen LogP contribution is 2.34. The highest BCUT2D eigenvalue weighted by Gasteiger charge is 2.20. The number of methoxy groups -OCH3 is 2. The quantitative estimate of drug-likeness (QED) is 0.409. The molecule has 4 rings (SSSR count). The second-order valence-corrected chi connectivity index (χ2v) is 7.59. The molecule has 5 heteroatoms. The number of hydrogen-bond acceptors (Lipinski definition) is 3. The van der Waals surface area contributed by atoms with Crippen molar-refractivity contribution in [3.8, 4) is 28.4 Å². The maximum absolute atomic E-state index is 13.2. The zero-order chi connectivity index (χ0) is 22.7. The smallest absolute Gasteiger partial charge is 0.257 e. The average molecular weight is 427 g/mol. The Morgan fingerprint density at radius 2 is 1.50 bits per heavy atom. The molecule has 5 nitrogen and oxygen atoms in total. The normalized spacial score (nSPS) is 10.6. The molecule has 1 aromatic heterocycles. The van der Waals surface area contributed by atoms with Crippen molar-refractivity contribution in [1.82, 2.24) is 4.57 Å². The van der Waals surface area contributed by atoms with Crippen molar-refractivity contribution in [1.29, 1.82) is 0 Å². The summed E-state index contributed by atoms with van der Waals surface area (Å²) in [7, 11) is 3.23. The third-order valence-corrected chi connectivity index (χ3v) is 5.50. The van der Waals surface area contributed by atoms with Crippen LogP contribution < -0.4 is 14.8 Å². The van der Waals surface area contributed by atoms with E-state index in [1.807, 2.05) is 92.7 Å². The Bertz CT molecular complexity index is 1240. The van der Waals surface area contributed by atoms with Gasteiger partial charge >= 0.3 is 0 Å². The van der Waals surface area contributed by atoms with Crippen LogP contribution in [0.3, 0.4) is 0 Å². The summed E-state index contributed by atoms with van der Waals surface area (Å²) in [6, 6.07) is 25.5. The Labute approximate surface area is 188 Å². The van der Waals surface area contributed by atoms with Crippen LogP contribution in [0, 0.1) is 13.8 Å². The Morgan fingerprint density at radius 1 is 0.812 bits per heavy atom. The van der Waals surface area contributed by atoms with Crippen molar-refractivity contribution in [2.24, 2.45) is 0 Å². The minimum Gasteiger partial charge on any atom is -0.493 e. The van der Waals surface area contributed by atoms with Crippen LogP contribution in [-0.4, -0.2) is 24.7 Å². The molecule has 0 aliphatic rings. The Hall–Kier alpha value is -3.99. The molecule has 0 saturated carbocycles. The molecule has 3 aromatic carbocycles. The number of ether oxygens (including phenoxy) is 2. The SMILES string of the molecule is COc1ccc(-n2c(-c3ccccc3)cc(C(=O)Nc3ccc(C)cc3)c2C)cc1OC. The van der Waals surface area contributed by atoms with Gasteiger partial charge in [0.2, 0.25) is 0 Å². The highest BCUT2D eigenvalue weighted by atomic mass is 16.5. The van der Waals surface area contributed by atoms with Crippen molar-refractivity contribution in [3.05, 3.63) is 95.7 Å². The van der Waals surface area contributed by atoms with Crippen LogP contribution in [0.5, 0.6) is 11.5 Å². The second kappa shape index (κ2) is 9.02. The van der Waals surface area contributed by atoms with Crippen LogP contribution in [0.25, 0.3) is 16.9 Å². The zero-order valence-electron chi connectivity index (χ0n) is 18.7. The Kier molecular flexibility index (Phi) is 5.99. The van der Waals surface area contributed by atoms with E-state index >= 15 is 0 Å². The van der Waals surface area contributed by atoms with E-state index < -0.39 is 0 Å². The molecule has 0 spiro atoms. The first-order chi connectivity index (χ1) is 15.5. The maximum atomic E-state index is 13.2. The molecule has 0 bridgehead atoms. The number of aromatic nitrogens is 1. The lowest BCUT2D eigenvalue weighted by Gasteiger charge is -2.15. The van der Waals surface area contributed by atoms with Gasteiger partial charge in [0.25, 0.3) is 5.91 Å². The first-order valence-electron chi connectivity index (χ1n) is 10.4. The summed E-state index contributed by atoms with van der Waals surface area (Å²) in [5, 5.41) is 3.01. The molecule has 32 heavy (non-hydrogen) atoms. The topological polar surface area (TPSA) is 52.5 Å². The number of rotatable bonds is 6. The monoisotopic (exact) mass is 426 g/mol. The molecule has 162 valence electrons. The molecule has 0 unspecified atom stereocenters. The van der Waals surface area contributed by atoms with Gasteiger partial charge in [-0.1, -0.05) is 48.0 Å². The van der Waals surface area contributed by atoms with Crippen molar-refractivity contribution >= 4 is 11.6 Å². The molecule has 0 radical (unpaired) electrons. The summed E-state index contributed by atoms with van der Waals surface area (Å²) in [6.07, 6.45) is 0. The molecule has 0 saturated heterocycles. The summed E-state index contributed by atoms with van der Waals surface area (Å²) in [6.45, 7) is 3.97. The molecule has 4 aromatic rings. The predicted molar refractivity (Wildman–Crippen MR) is 128 cm³/mol. The van der Waals surface area contributed by atoms with Gasteiger partial charge < -0.3 is 19.4 Å². The zero-order valence-corrected chi connectivity index (χ0v) is 18.7. The van der Waals surface area contributed by atoms with Gasteiger partial charge in [0.15, 0.2) is 11.5 Å². The van der Waals surface area contributed by atoms with Crippen LogP contribution in [-0.2, 0) is 0 Å². The molecule has 1 heterocycles. The summed E-state index contributed by atoms with van der Waals surface area (Å²) >= 11 is 0. The third kappa shape index (κ3) is 4.10. The number of carbonyl (C=O) groups is 1. The number of carbonyl (C=O) groups excluding carboxylic acids is 1. The van der Waals surface area contributed by atoms with Gasteiger partial charge in [-0.25, -0.2) is 0 Å². The van der Waals surface area contributed by atoms with Gasteiger partial charge in [0.1, 0.15) is 0 Å². The first kappa shape index (κ1) is 21.2. The van der Waals surface area contributed by atoms with E-state index in [2.05, 4.69) is 9.88 Å². The maximum Gasteiger partial charge on any atom is 0.257 e. The standard InChI is InChI=1S/C27H26N2O3/c1-18-10-12-21(13-11-18)28-27(30)23-17-24(20-8-6-5-7-9-20)29(19(23)2)22-14-15-25(31-3)26(16-22)32-4/h5-17H,1-4H3,(H,28,30). The van der Waals surface area contributed by atoms with Crippen LogP contribution in [0.15, 0.2) is 78.9 Å². The van der Waals surface area contributed by atoms with E-state index in [0.717, 1.165) is 33.9 Å². The van der Waals surface area contributed by atoms with Gasteiger partial charge in [-0.2, -0.15) is 0 Å². The number of nitrogens with zero attached hydrogens (tertiary/aromatic N) is 1. The average Bonchev–Trinajstić information content (AvgIpc) is 3.17. The van der Waals surface area contributed by atoms with E-state index in [4.69, 9.17) is 9.47 Å². The number of nitrogens with one attached hydrogen (secondary N) is 1. The number of aryl methyl sites for hydroxylation is 1. The molecule has 1 N–H and O–H groups in total. The Morgan fingerprint density at radius 3 is 2.16 bits per heavy atom. The number of amides is 1. The largest absolute Gasteiger partial charge is 0.493 e. The molecular weight excluding hydrogens is 400 g/mol. The van der Waals surface area contributed by atoms with Crippen molar-refractivity contribution < 1.29 is 14.3 Å². The van der Waals surface area contributed by atoms with E-state index in [1.165, 1.54) is 0 Å². The van der Waals surface area contributed by atoms with E-state index in [9.17, 15) is 4.79 Å². The van der Waals surface area contributed by atoms with Gasteiger partial charge in [-0.3, -0.25) is 4.79 Å². The number of hydrogen-bond donors (Lipinski definition) is 1. The summed E-state index contributed by atoms with van der Waals surface area (Å²) in [5.41, 5.74) is 6.17. The van der Waals surface area contributed by atoms with Crippen LogP contribution in [0.4, 0.5) is 5.69 Å². The number of anilines is 1. The van der Waals surface area contributed by atoms with Gasteiger partial charge in [-0.05, 0) is 49.7 Å². The minimum atomic E-state index is -0.150.